The van der Waals surface area contributed by atoms with Crippen molar-refractivity contribution in [2.75, 3.05) is 0 Å². The molecule has 1 aromatic rings. The standard InChI is InChI=1S/C8H4F4O3S/c9-7(10)8(11)15-5-3-1-2-4-6(5)16(12,13)14/h1-4H. The Morgan fingerprint density at radius 3 is 2.19 bits per heavy atom. The summed E-state index contributed by atoms with van der Waals surface area (Å²) in [5.74, 6) is -0.852. The average Bonchev–Trinajstić information content (AvgIpc) is 2.16. The summed E-state index contributed by atoms with van der Waals surface area (Å²) < 4.78 is 73.3. The molecule has 8 heteroatoms. The number of hydrogen-bond acceptors (Lipinski definition) is 3. The van der Waals surface area contributed by atoms with Crippen molar-refractivity contribution in [1.82, 2.24) is 0 Å². The molecule has 1 rings (SSSR count). The Morgan fingerprint density at radius 1 is 1.12 bits per heavy atom. The van der Waals surface area contributed by atoms with E-state index in [9.17, 15) is 25.5 Å². The SMILES string of the molecule is O=S(=O)(F)c1ccccc1OC(F)=C(F)F. The van der Waals surface area contributed by atoms with E-state index in [1.807, 2.05) is 0 Å². The van der Waals surface area contributed by atoms with Crippen LogP contribution in [0.4, 0.5) is 17.1 Å². The molecule has 0 bridgehead atoms. The number of hydrogen-bond donors (Lipinski definition) is 0. The van der Waals surface area contributed by atoms with E-state index in [4.69, 9.17) is 0 Å². The van der Waals surface area contributed by atoms with Gasteiger partial charge < -0.3 is 4.74 Å². The van der Waals surface area contributed by atoms with Gasteiger partial charge in [-0.2, -0.15) is 21.6 Å². The van der Waals surface area contributed by atoms with Gasteiger partial charge in [-0.15, -0.1) is 3.89 Å². The van der Waals surface area contributed by atoms with E-state index in [-0.39, 0.29) is 0 Å². The van der Waals surface area contributed by atoms with Gasteiger partial charge in [0.25, 0.3) is 0 Å². The molecular weight excluding hydrogens is 252 g/mol. The topological polar surface area (TPSA) is 43.4 Å². The average molecular weight is 256 g/mol. The van der Waals surface area contributed by atoms with Crippen LogP contribution in [0.3, 0.4) is 0 Å². The highest BCUT2D eigenvalue weighted by Gasteiger charge is 2.20. The van der Waals surface area contributed by atoms with Gasteiger partial charge in [0, 0.05) is 0 Å². The molecule has 0 saturated heterocycles. The first-order valence-electron chi connectivity index (χ1n) is 3.74. The van der Waals surface area contributed by atoms with Gasteiger partial charge in [0.05, 0.1) is 0 Å². The highest BCUT2D eigenvalue weighted by Crippen LogP contribution is 2.27. The molecule has 88 valence electrons. The smallest absolute Gasteiger partial charge is 0.344 e. The van der Waals surface area contributed by atoms with Crippen LogP contribution in [0.5, 0.6) is 5.75 Å². The van der Waals surface area contributed by atoms with Gasteiger partial charge in [0.2, 0.25) is 0 Å². The molecule has 0 spiro atoms. The molecule has 0 N–H and O–H groups in total. The van der Waals surface area contributed by atoms with Crippen LogP contribution in [-0.4, -0.2) is 8.42 Å². The van der Waals surface area contributed by atoms with Crippen LogP contribution < -0.4 is 4.74 Å². The molecule has 0 aliphatic carbocycles. The van der Waals surface area contributed by atoms with Crippen LogP contribution in [0.15, 0.2) is 41.3 Å². The van der Waals surface area contributed by atoms with Crippen LogP contribution >= 0.6 is 0 Å². The Bertz CT molecular complexity index is 520. The highest BCUT2D eigenvalue weighted by atomic mass is 32.3. The fourth-order valence-corrected chi connectivity index (χ4v) is 1.46. The van der Waals surface area contributed by atoms with Crippen LogP contribution in [0, 0.1) is 0 Å². The normalized spacial score (nSPS) is 11.0. The minimum Gasteiger partial charge on any atom is -0.426 e. The first-order valence-corrected chi connectivity index (χ1v) is 5.13. The van der Waals surface area contributed by atoms with Crippen LogP contribution in [-0.2, 0) is 10.2 Å². The third kappa shape index (κ3) is 2.96. The summed E-state index contributed by atoms with van der Waals surface area (Å²) in [6, 6.07) is 1.62. The summed E-state index contributed by atoms with van der Waals surface area (Å²) in [6.45, 7) is 0. The molecule has 0 aliphatic heterocycles. The summed E-state index contributed by atoms with van der Waals surface area (Å²) in [4.78, 5) is -1.02. The molecule has 0 radical (unpaired) electrons. The number of benzene rings is 1. The maximum absolute atomic E-state index is 12.6. The van der Waals surface area contributed by atoms with E-state index in [0.717, 1.165) is 18.2 Å². The summed E-state index contributed by atoms with van der Waals surface area (Å²) >= 11 is 0. The monoisotopic (exact) mass is 256 g/mol. The highest BCUT2D eigenvalue weighted by molar-refractivity contribution is 7.86. The van der Waals surface area contributed by atoms with Gasteiger partial charge in [-0.25, -0.2) is 0 Å². The number of ether oxygens (including phenoxy) is 1. The van der Waals surface area contributed by atoms with Gasteiger partial charge in [-0.05, 0) is 12.1 Å². The lowest BCUT2D eigenvalue weighted by Crippen LogP contribution is -1.99. The predicted octanol–water partition coefficient (Wildman–Crippen LogP) is 2.76. The van der Waals surface area contributed by atoms with Crippen LogP contribution in [0.2, 0.25) is 0 Å². The zero-order chi connectivity index (χ0) is 12.3. The van der Waals surface area contributed by atoms with Crippen molar-refractivity contribution in [2.24, 2.45) is 0 Å². The Morgan fingerprint density at radius 2 is 1.69 bits per heavy atom. The molecule has 1 aromatic carbocycles. The number of rotatable bonds is 3. The summed E-state index contributed by atoms with van der Waals surface area (Å²) in [5.41, 5.74) is 0. The Labute approximate surface area is 88.2 Å². The van der Waals surface area contributed by atoms with E-state index in [1.54, 1.807) is 0 Å². The quantitative estimate of drug-likeness (QED) is 0.474. The molecule has 16 heavy (non-hydrogen) atoms. The second-order valence-electron chi connectivity index (χ2n) is 2.52. The fraction of sp³-hybridized carbons (Fsp3) is 0. The van der Waals surface area contributed by atoms with Crippen molar-refractivity contribution in [1.29, 1.82) is 0 Å². The minimum absolute atomic E-state index is 0.758. The molecule has 0 amide bonds. The number of halogens is 4. The van der Waals surface area contributed by atoms with Gasteiger partial charge in [0.15, 0.2) is 5.75 Å². The maximum Gasteiger partial charge on any atom is 0.344 e. The molecule has 0 fully saturated rings. The summed E-state index contributed by atoms with van der Waals surface area (Å²) in [7, 11) is -5.16. The third-order valence-electron chi connectivity index (χ3n) is 1.46. The van der Waals surface area contributed by atoms with Crippen molar-refractivity contribution in [3.05, 3.63) is 36.4 Å². The molecule has 0 unspecified atom stereocenters. The van der Waals surface area contributed by atoms with E-state index in [2.05, 4.69) is 4.74 Å². The van der Waals surface area contributed by atoms with Crippen molar-refractivity contribution in [2.45, 2.75) is 4.90 Å². The third-order valence-corrected chi connectivity index (χ3v) is 2.32. The first-order chi connectivity index (χ1) is 7.32. The summed E-state index contributed by atoms with van der Waals surface area (Å²) in [5, 5.41) is 0. The summed E-state index contributed by atoms with van der Waals surface area (Å²) in [6.07, 6.45) is -2.77. The van der Waals surface area contributed by atoms with Crippen molar-refractivity contribution >= 4 is 10.2 Å². The minimum atomic E-state index is -5.16. The van der Waals surface area contributed by atoms with Crippen molar-refractivity contribution < 1.29 is 30.2 Å². The molecule has 0 atom stereocenters. The van der Waals surface area contributed by atoms with E-state index >= 15 is 0 Å². The van der Waals surface area contributed by atoms with E-state index in [1.165, 1.54) is 6.07 Å². The van der Waals surface area contributed by atoms with Gasteiger partial charge in [-0.3, -0.25) is 0 Å². The second kappa shape index (κ2) is 4.52. The Kier molecular flexibility index (Phi) is 3.53. The van der Waals surface area contributed by atoms with Gasteiger partial charge >= 0.3 is 22.3 Å². The second-order valence-corrected chi connectivity index (χ2v) is 3.84. The lowest BCUT2D eigenvalue weighted by atomic mass is 10.3. The maximum atomic E-state index is 12.6. The van der Waals surface area contributed by atoms with Crippen molar-refractivity contribution in [3.63, 3.8) is 0 Å². The fourth-order valence-electron chi connectivity index (χ4n) is 0.871. The zero-order valence-corrected chi connectivity index (χ0v) is 8.27. The Hall–Kier alpha value is -1.57. The predicted molar refractivity (Wildman–Crippen MR) is 45.7 cm³/mol. The first kappa shape index (κ1) is 12.5. The van der Waals surface area contributed by atoms with Gasteiger partial charge in [-0.1, -0.05) is 12.1 Å². The number of para-hydroxylation sites is 1. The molecule has 0 saturated carbocycles. The van der Waals surface area contributed by atoms with E-state index < -0.39 is 33.0 Å². The van der Waals surface area contributed by atoms with E-state index in [0.29, 0.717) is 0 Å². The molecule has 0 heterocycles. The van der Waals surface area contributed by atoms with Crippen LogP contribution in [0.1, 0.15) is 0 Å². The molecule has 3 nitrogen and oxygen atoms in total. The Balaban J connectivity index is 3.21. The van der Waals surface area contributed by atoms with Gasteiger partial charge in [0.1, 0.15) is 4.90 Å². The van der Waals surface area contributed by atoms with Crippen LogP contribution in [0.25, 0.3) is 0 Å². The molecular formula is C8H4F4O3S. The lowest BCUT2D eigenvalue weighted by molar-refractivity contribution is 0.237. The largest absolute Gasteiger partial charge is 0.426 e. The molecule has 0 aliphatic rings. The van der Waals surface area contributed by atoms with Crippen molar-refractivity contribution in [3.8, 4) is 5.75 Å². The zero-order valence-electron chi connectivity index (χ0n) is 7.45. The molecule has 0 aromatic heterocycles. The lowest BCUT2D eigenvalue weighted by Gasteiger charge is -2.05.